The third-order valence-electron chi connectivity index (χ3n) is 3.69. The first kappa shape index (κ1) is 15.4. The first-order valence-electron chi connectivity index (χ1n) is 7.83. The summed E-state index contributed by atoms with van der Waals surface area (Å²) >= 11 is 0. The molecule has 1 fully saturated rings. The van der Waals surface area contributed by atoms with Crippen molar-refractivity contribution in [1.82, 2.24) is 15.5 Å². The lowest BCUT2D eigenvalue weighted by molar-refractivity contribution is -0.0255. The molecule has 114 valence electrons. The molecule has 1 aliphatic carbocycles. The molecule has 1 aromatic heterocycles. The van der Waals surface area contributed by atoms with Gasteiger partial charge in [0.15, 0.2) is 0 Å². The van der Waals surface area contributed by atoms with Gasteiger partial charge in [0.1, 0.15) is 0 Å². The van der Waals surface area contributed by atoms with Gasteiger partial charge in [-0.1, -0.05) is 13.8 Å². The molecule has 5 nitrogen and oxygen atoms in total. The summed E-state index contributed by atoms with van der Waals surface area (Å²) in [4.78, 5) is 0. The molecule has 0 saturated heterocycles. The van der Waals surface area contributed by atoms with Crippen molar-refractivity contribution < 1.29 is 9.15 Å². The molecule has 0 spiro atoms. The molecular formula is C15H27N3O2. The van der Waals surface area contributed by atoms with Gasteiger partial charge in [0, 0.05) is 25.5 Å². The maximum absolute atomic E-state index is 5.70. The molecule has 5 heteroatoms. The van der Waals surface area contributed by atoms with Crippen LogP contribution in [0.2, 0.25) is 0 Å². The molecule has 0 atom stereocenters. The average Bonchev–Trinajstić information content (AvgIpc) is 2.80. The lowest BCUT2D eigenvalue weighted by Gasteiger charge is -2.33. The van der Waals surface area contributed by atoms with Gasteiger partial charge >= 0.3 is 0 Å². The van der Waals surface area contributed by atoms with Gasteiger partial charge < -0.3 is 14.5 Å². The third kappa shape index (κ3) is 4.87. The molecule has 1 aromatic rings. The number of aryl methyl sites for hydroxylation is 1. The van der Waals surface area contributed by atoms with Crippen LogP contribution in [0.5, 0.6) is 0 Å². The fraction of sp³-hybridized carbons (Fsp3) is 0.867. The Kier molecular flexibility index (Phi) is 5.98. The standard InChI is InChI=1S/C15H27N3O2/c1-4-19-13-8-12(9-13)10-15-18-17-14(20-15)6-5-7-16-11(2)3/h11-13,16H,4-10H2,1-3H3. The first-order valence-corrected chi connectivity index (χ1v) is 7.83. The minimum atomic E-state index is 0.453. The van der Waals surface area contributed by atoms with E-state index in [9.17, 15) is 0 Å². The van der Waals surface area contributed by atoms with Gasteiger partial charge in [0.05, 0.1) is 6.10 Å². The highest BCUT2D eigenvalue weighted by Crippen LogP contribution is 2.32. The van der Waals surface area contributed by atoms with E-state index in [1.807, 2.05) is 6.92 Å². The van der Waals surface area contributed by atoms with Crippen LogP contribution in [0.4, 0.5) is 0 Å². The lowest BCUT2D eigenvalue weighted by Crippen LogP contribution is -2.32. The number of nitrogens with zero attached hydrogens (tertiary/aromatic N) is 2. The van der Waals surface area contributed by atoms with E-state index in [2.05, 4.69) is 29.4 Å². The molecule has 1 heterocycles. The maximum Gasteiger partial charge on any atom is 0.216 e. The molecule has 0 unspecified atom stereocenters. The molecule has 1 N–H and O–H groups in total. The summed E-state index contributed by atoms with van der Waals surface area (Å²) < 4.78 is 11.3. The van der Waals surface area contributed by atoms with E-state index in [0.29, 0.717) is 18.1 Å². The van der Waals surface area contributed by atoms with Gasteiger partial charge in [0.2, 0.25) is 11.8 Å². The van der Waals surface area contributed by atoms with Crippen LogP contribution in [0.25, 0.3) is 0 Å². The summed E-state index contributed by atoms with van der Waals surface area (Å²) in [6, 6.07) is 0.533. The number of hydrogen-bond donors (Lipinski definition) is 1. The van der Waals surface area contributed by atoms with Gasteiger partial charge in [-0.3, -0.25) is 0 Å². The fourth-order valence-electron chi connectivity index (χ4n) is 2.56. The van der Waals surface area contributed by atoms with Gasteiger partial charge in [-0.15, -0.1) is 10.2 Å². The molecule has 1 aliphatic rings. The highest BCUT2D eigenvalue weighted by molar-refractivity contribution is 4.90. The van der Waals surface area contributed by atoms with Crippen LogP contribution in [0.15, 0.2) is 4.42 Å². The Morgan fingerprint density at radius 1 is 1.30 bits per heavy atom. The second-order valence-electron chi connectivity index (χ2n) is 5.92. The number of hydrogen-bond acceptors (Lipinski definition) is 5. The number of ether oxygens (including phenoxy) is 1. The molecule has 20 heavy (non-hydrogen) atoms. The van der Waals surface area contributed by atoms with Gasteiger partial charge in [-0.25, -0.2) is 0 Å². The van der Waals surface area contributed by atoms with Crippen LogP contribution in [0, 0.1) is 5.92 Å². The SMILES string of the molecule is CCOC1CC(Cc2nnc(CCCNC(C)C)o2)C1. The first-order chi connectivity index (χ1) is 9.67. The Morgan fingerprint density at radius 3 is 2.75 bits per heavy atom. The molecule has 0 aromatic carbocycles. The van der Waals surface area contributed by atoms with Gasteiger partial charge in [-0.05, 0) is 38.6 Å². The number of rotatable bonds is 9. The second-order valence-corrected chi connectivity index (χ2v) is 5.92. The zero-order valence-corrected chi connectivity index (χ0v) is 12.9. The van der Waals surface area contributed by atoms with E-state index in [-0.39, 0.29) is 0 Å². The topological polar surface area (TPSA) is 60.2 Å². The average molecular weight is 281 g/mol. The zero-order valence-electron chi connectivity index (χ0n) is 12.9. The van der Waals surface area contributed by atoms with Crippen molar-refractivity contribution in [3.63, 3.8) is 0 Å². The summed E-state index contributed by atoms with van der Waals surface area (Å²) in [5, 5.41) is 11.7. The predicted octanol–water partition coefficient (Wildman–Crippen LogP) is 2.36. The summed E-state index contributed by atoms with van der Waals surface area (Å²) in [6.07, 6.45) is 5.51. The number of nitrogens with one attached hydrogen (secondary N) is 1. The fourth-order valence-corrected chi connectivity index (χ4v) is 2.56. The third-order valence-corrected chi connectivity index (χ3v) is 3.69. The zero-order chi connectivity index (χ0) is 14.4. The second kappa shape index (κ2) is 7.74. The minimum absolute atomic E-state index is 0.453. The van der Waals surface area contributed by atoms with Crippen molar-refractivity contribution in [3.8, 4) is 0 Å². The number of aromatic nitrogens is 2. The van der Waals surface area contributed by atoms with Crippen molar-refractivity contribution in [1.29, 1.82) is 0 Å². The predicted molar refractivity (Wildman–Crippen MR) is 77.6 cm³/mol. The molecular weight excluding hydrogens is 254 g/mol. The quantitative estimate of drug-likeness (QED) is 0.704. The molecule has 0 bridgehead atoms. The van der Waals surface area contributed by atoms with E-state index >= 15 is 0 Å². The van der Waals surface area contributed by atoms with Crippen molar-refractivity contribution in [2.45, 2.75) is 65.0 Å². The Labute approximate surface area is 121 Å². The Morgan fingerprint density at radius 2 is 2.05 bits per heavy atom. The van der Waals surface area contributed by atoms with Crippen molar-refractivity contribution in [3.05, 3.63) is 11.8 Å². The maximum atomic E-state index is 5.70. The molecule has 1 saturated carbocycles. The van der Waals surface area contributed by atoms with E-state index in [0.717, 1.165) is 57.0 Å². The summed E-state index contributed by atoms with van der Waals surface area (Å²) in [6.45, 7) is 8.16. The van der Waals surface area contributed by atoms with E-state index in [4.69, 9.17) is 9.15 Å². The smallest absolute Gasteiger partial charge is 0.216 e. The normalized spacial score (nSPS) is 22.2. The highest BCUT2D eigenvalue weighted by Gasteiger charge is 2.30. The molecule has 2 rings (SSSR count). The van der Waals surface area contributed by atoms with Gasteiger partial charge in [0.25, 0.3) is 0 Å². The van der Waals surface area contributed by atoms with Crippen LogP contribution in [0.1, 0.15) is 51.8 Å². The molecule has 0 aliphatic heterocycles. The monoisotopic (exact) mass is 281 g/mol. The minimum Gasteiger partial charge on any atom is -0.425 e. The molecule has 0 radical (unpaired) electrons. The van der Waals surface area contributed by atoms with Crippen molar-refractivity contribution >= 4 is 0 Å². The van der Waals surface area contributed by atoms with Crippen molar-refractivity contribution in [2.75, 3.05) is 13.2 Å². The molecule has 0 amide bonds. The van der Waals surface area contributed by atoms with Crippen LogP contribution >= 0.6 is 0 Å². The van der Waals surface area contributed by atoms with Crippen molar-refractivity contribution in [2.24, 2.45) is 5.92 Å². The van der Waals surface area contributed by atoms with Crippen LogP contribution in [-0.2, 0) is 17.6 Å². The van der Waals surface area contributed by atoms with Crippen LogP contribution < -0.4 is 5.32 Å². The van der Waals surface area contributed by atoms with E-state index in [1.54, 1.807) is 0 Å². The Balaban J connectivity index is 1.63. The highest BCUT2D eigenvalue weighted by atomic mass is 16.5. The Bertz CT molecular complexity index is 386. The largest absolute Gasteiger partial charge is 0.425 e. The Hall–Kier alpha value is -0.940. The van der Waals surface area contributed by atoms with Crippen LogP contribution in [0.3, 0.4) is 0 Å². The van der Waals surface area contributed by atoms with Crippen LogP contribution in [-0.4, -0.2) is 35.5 Å². The lowest BCUT2D eigenvalue weighted by atomic mass is 9.80. The summed E-state index contributed by atoms with van der Waals surface area (Å²) in [7, 11) is 0. The van der Waals surface area contributed by atoms with Gasteiger partial charge in [-0.2, -0.15) is 0 Å². The summed E-state index contributed by atoms with van der Waals surface area (Å²) in [5.41, 5.74) is 0. The van der Waals surface area contributed by atoms with E-state index < -0.39 is 0 Å². The summed E-state index contributed by atoms with van der Waals surface area (Å²) in [5.74, 6) is 2.21. The van der Waals surface area contributed by atoms with E-state index in [1.165, 1.54) is 0 Å².